The van der Waals surface area contributed by atoms with E-state index in [9.17, 15) is 4.79 Å². The van der Waals surface area contributed by atoms with Gasteiger partial charge in [0.25, 0.3) is 5.11 Å². The number of carbonyl (C=O) groups is 1. The predicted octanol–water partition coefficient (Wildman–Crippen LogP) is -0.537. The average Bonchev–Trinajstić information content (AvgIpc) is 1.84. The van der Waals surface area contributed by atoms with Crippen LogP contribution in [0.5, 0.6) is 0 Å². The summed E-state index contributed by atoms with van der Waals surface area (Å²) in [6.45, 7) is 0. The van der Waals surface area contributed by atoms with Crippen LogP contribution in [0.15, 0.2) is 5.10 Å². The van der Waals surface area contributed by atoms with Crippen LogP contribution in [0, 0.1) is 0 Å². The van der Waals surface area contributed by atoms with E-state index in [4.69, 9.17) is 12.2 Å². The Kier molecular flexibility index (Phi) is 1.53. The minimum atomic E-state index is -0.108. The summed E-state index contributed by atoms with van der Waals surface area (Å²) in [5.74, 6) is -0.108. The average molecular weight is 158 g/mol. The summed E-state index contributed by atoms with van der Waals surface area (Å²) in [5.41, 5.74) is 2.55. The van der Waals surface area contributed by atoms with Crippen LogP contribution in [0.25, 0.3) is 0 Å². The van der Waals surface area contributed by atoms with E-state index in [0.29, 0.717) is 5.11 Å². The van der Waals surface area contributed by atoms with E-state index in [1.54, 1.807) is 14.1 Å². The molecule has 0 aromatic heterocycles. The Morgan fingerprint density at radius 1 is 1.70 bits per heavy atom. The van der Waals surface area contributed by atoms with E-state index in [-0.39, 0.29) is 10.4 Å². The van der Waals surface area contributed by atoms with E-state index in [1.165, 1.54) is 6.21 Å². The Balaban J connectivity index is 3.00. The standard InChI is InChI=1S/C5H7N3OS/c1-8(2)4(9)3-6-7-5(8)10/h3H,1-2H3/p+1. The number of hydrazone groups is 1. The zero-order valence-electron chi connectivity index (χ0n) is 5.79. The van der Waals surface area contributed by atoms with Gasteiger partial charge >= 0.3 is 5.91 Å². The Morgan fingerprint density at radius 3 is 2.70 bits per heavy atom. The van der Waals surface area contributed by atoms with E-state index in [0.717, 1.165) is 0 Å². The Morgan fingerprint density at radius 2 is 2.30 bits per heavy atom. The number of hydrogen-bond acceptors (Lipinski definition) is 3. The lowest BCUT2D eigenvalue weighted by Crippen LogP contribution is -2.57. The number of quaternary nitrogens is 1. The number of thiocarbonyl (C=S) groups is 1. The fourth-order valence-corrected chi connectivity index (χ4v) is 0.655. The van der Waals surface area contributed by atoms with Gasteiger partial charge in [0.1, 0.15) is 0 Å². The van der Waals surface area contributed by atoms with Gasteiger partial charge in [-0.25, -0.2) is 14.7 Å². The van der Waals surface area contributed by atoms with Gasteiger partial charge in [-0.05, 0) is 0 Å². The van der Waals surface area contributed by atoms with Gasteiger partial charge in [0.05, 0.1) is 14.1 Å². The molecule has 0 atom stereocenters. The lowest BCUT2D eigenvalue weighted by atomic mass is 10.5. The summed E-state index contributed by atoms with van der Waals surface area (Å²) in [4.78, 5) is 11.0. The molecule has 0 spiro atoms. The third-order valence-electron chi connectivity index (χ3n) is 1.39. The molecule has 0 radical (unpaired) electrons. The topological polar surface area (TPSA) is 41.5 Å². The van der Waals surface area contributed by atoms with Crippen molar-refractivity contribution in [3.8, 4) is 0 Å². The number of rotatable bonds is 0. The Hall–Kier alpha value is -0.810. The summed E-state index contributed by atoms with van der Waals surface area (Å²) in [6.07, 6.45) is 1.23. The van der Waals surface area contributed by atoms with Crippen LogP contribution in [0.4, 0.5) is 0 Å². The molecule has 0 bridgehead atoms. The summed E-state index contributed by atoms with van der Waals surface area (Å²) >= 11 is 4.85. The molecular weight excluding hydrogens is 150 g/mol. The first kappa shape index (κ1) is 7.30. The first-order valence-electron chi connectivity index (χ1n) is 2.77. The fourth-order valence-electron chi connectivity index (χ4n) is 0.512. The highest BCUT2D eigenvalue weighted by atomic mass is 32.1. The third kappa shape index (κ3) is 0.932. The molecule has 1 rings (SSSR count). The second-order valence-electron chi connectivity index (χ2n) is 2.47. The van der Waals surface area contributed by atoms with Crippen LogP contribution < -0.4 is 5.43 Å². The Labute approximate surface area is 64.1 Å². The zero-order valence-corrected chi connectivity index (χ0v) is 6.60. The van der Waals surface area contributed by atoms with Crippen molar-refractivity contribution >= 4 is 29.5 Å². The maximum Gasteiger partial charge on any atom is 0.365 e. The molecule has 10 heavy (non-hydrogen) atoms. The smallest absolute Gasteiger partial charge is 0.224 e. The molecule has 0 aromatic rings. The minimum absolute atomic E-state index is 0.0544. The van der Waals surface area contributed by atoms with Crippen molar-refractivity contribution in [2.45, 2.75) is 0 Å². The monoisotopic (exact) mass is 158 g/mol. The third-order valence-corrected chi connectivity index (χ3v) is 1.94. The molecule has 4 nitrogen and oxygen atoms in total. The van der Waals surface area contributed by atoms with Gasteiger partial charge in [-0.3, -0.25) is 0 Å². The van der Waals surface area contributed by atoms with E-state index >= 15 is 0 Å². The molecule has 0 fully saturated rings. The molecule has 1 aliphatic rings. The molecule has 5 heteroatoms. The van der Waals surface area contributed by atoms with Crippen LogP contribution in [-0.2, 0) is 4.79 Å². The summed E-state index contributed by atoms with van der Waals surface area (Å²) in [6, 6.07) is 0. The van der Waals surface area contributed by atoms with Crippen LogP contribution in [0.3, 0.4) is 0 Å². The van der Waals surface area contributed by atoms with E-state index in [1.807, 2.05) is 0 Å². The molecule has 1 heterocycles. The van der Waals surface area contributed by atoms with Crippen LogP contribution in [-0.4, -0.2) is 35.8 Å². The number of nitrogens with one attached hydrogen (secondary N) is 1. The van der Waals surface area contributed by atoms with Crippen molar-refractivity contribution in [3.63, 3.8) is 0 Å². The molecule has 0 aromatic carbocycles. The normalized spacial score (nSPS) is 22.6. The number of carbonyl (C=O) groups excluding carboxylic acids is 1. The minimum Gasteiger partial charge on any atom is -0.224 e. The molecule has 0 aliphatic carbocycles. The first-order chi connectivity index (χ1) is 4.55. The molecule has 1 N–H and O–H groups in total. The SMILES string of the molecule is C[N+]1(C)C(=O)C=NNC1=S. The van der Waals surface area contributed by atoms with Gasteiger partial charge in [0.2, 0.25) is 0 Å². The molecule has 1 aliphatic heterocycles. The molecule has 0 saturated heterocycles. The van der Waals surface area contributed by atoms with E-state index < -0.39 is 0 Å². The summed E-state index contributed by atoms with van der Waals surface area (Å²) in [5, 5.41) is 3.98. The summed E-state index contributed by atoms with van der Waals surface area (Å²) in [7, 11) is 3.42. The highest BCUT2D eigenvalue weighted by Crippen LogP contribution is 2.01. The number of hydrogen-bond donors (Lipinski definition) is 1. The van der Waals surface area contributed by atoms with Gasteiger partial charge in [0.15, 0.2) is 6.21 Å². The predicted molar refractivity (Wildman–Crippen MR) is 41.3 cm³/mol. The van der Waals surface area contributed by atoms with Crippen molar-refractivity contribution in [2.24, 2.45) is 5.10 Å². The molecular formula is C5H8N3OS+. The van der Waals surface area contributed by atoms with Crippen molar-refractivity contribution < 1.29 is 9.28 Å². The second kappa shape index (κ2) is 2.10. The van der Waals surface area contributed by atoms with Crippen molar-refractivity contribution in [3.05, 3.63) is 0 Å². The highest BCUT2D eigenvalue weighted by Gasteiger charge is 2.33. The maximum atomic E-state index is 11.0. The van der Waals surface area contributed by atoms with Gasteiger partial charge in [-0.15, -0.1) is 0 Å². The van der Waals surface area contributed by atoms with Crippen molar-refractivity contribution in [1.29, 1.82) is 0 Å². The Bertz CT molecular complexity index is 221. The highest BCUT2D eigenvalue weighted by molar-refractivity contribution is 7.80. The second-order valence-corrected chi connectivity index (χ2v) is 2.85. The molecule has 54 valence electrons. The van der Waals surface area contributed by atoms with Gasteiger partial charge in [-0.2, -0.15) is 5.10 Å². The summed E-state index contributed by atoms with van der Waals surface area (Å²) < 4.78 is 0.0544. The van der Waals surface area contributed by atoms with Crippen molar-refractivity contribution in [2.75, 3.05) is 14.1 Å². The fraction of sp³-hybridized carbons (Fsp3) is 0.400. The first-order valence-corrected chi connectivity index (χ1v) is 3.18. The lowest BCUT2D eigenvalue weighted by Gasteiger charge is -2.25. The van der Waals surface area contributed by atoms with Gasteiger partial charge in [0, 0.05) is 12.2 Å². The van der Waals surface area contributed by atoms with E-state index in [2.05, 4.69) is 10.5 Å². The van der Waals surface area contributed by atoms with Crippen LogP contribution in [0.1, 0.15) is 0 Å². The largest absolute Gasteiger partial charge is 0.365 e. The van der Waals surface area contributed by atoms with Crippen LogP contribution in [0.2, 0.25) is 0 Å². The molecule has 0 unspecified atom stereocenters. The maximum absolute atomic E-state index is 11.0. The van der Waals surface area contributed by atoms with Gasteiger partial charge < -0.3 is 0 Å². The quantitative estimate of drug-likeness (QED) is 0.380. The molecule has 0 saturated carbocycles. The lowest BCUT2D eigenvalue weighted by molar-refractivity contribution is -0.713. The number of nitrogens with zero attached hydrogens (tertiary/aromatic N) is 2. The van der Waals surface area contributed by atoms with Crippen LogP contribution >= 0.6 is 12.2 Å². The zero-order chi connectivity index (χ0) is 7.78. The number of amides is 1. The van der Waals surface area contributed by atoms with Gasteiger partial charge in [-0.1, -0.05) is 0 Å². The van der Waals surface area contributed by atoms with Crippen molar-refractivity contribution in [1.82, 2.24) is 5.43 Å². The molecule has 1 amide bonds.